The predicted octanol–water partition coefficient (Wildman–Crippen LogP) is 6.68. The van der Waals surface area contributed by atoms with Crippen molar-refractivity contribution in [2.75, 3.05) is 6.61 Å². The van der Waals surface area contributed by atoms with E-state index in [4.69, 9.17) is 9.47 Å². The molecular weight excluding hydrogens is 336 g/mol. The van der Waals surface area contributed by atoms with E-state index in [2.05, 4.69) is 13.0 Å². The van der Waals surface area contributed by atoms with Gasteiger partial charge >= 0.3 is 0 Å². The topological polar surface area (TPSA) is 38.7 Å². The molecule has 158 valence electrons. The van der Waals surface area contributed by atoms with Crippen molar-refractivity contribution in [1.29, 1.82) is 0 Å². The van der Waals surface area contributed by atoms with E-state index in [0.717, 1.165) is 19.3 Å². The average molecular weight is 381 g/mol. The lowest BCUT2D eigenvalue weighted by Crippen LogP contribution is -2.35. The molecule has 0 bridgehead atoms. The molecule has 3 heteroatoms. The quantitative estimate of drug-likeness (QED) is 0.270. The van der Waals surface area contributed by atoms with E-state index in [0.29, 0.717) is 6.61 Å². The van der Waals surface area contributed by atoms with Crippen molar-refractivity contribution in [1.82, 2.24) is 0 Å². The molecule has 2 aliphatic rings. The van der Waals surface area contributed by atoms with Crippen LogP contribution in [0.15, 0.2) is 12.2 Å². The Morgan fingerprint density at radius 2 is 1.48 bits per heavy atom. The van der Waals surface area contributed by atoms with Crippen molar-refractivity contribution in [3.63, 3.8) is 0 Å². The van der Waals surface area contributed by atoms with Crippen LogP contribution in [0.3, 0.4) is 0 Å². The van der Waals surface area contributed by atoms with E-state index < -0.39 is 6.10 Å². The zero-order chi connectivity index (χ0) is 19.2. The monoisotopic (exact) mass is 380 g/mol. The van der Waals surface area contributed by atoms with Crippen molar-refractivity contribution in [3.8, 4) is 0 Å². The molecule has 0 aromatic carbocycles. The summed E-state index contributed by atoms with van der Waals surface area (Å²) in [5.41, 5.74) is 0. The highest BCUT2D eigenvalue weighted by Crippen LogP contribution is 2.38. The van der Waals surface area contributed by atoms with E-state index in [1.807, 2.05) is 6.08 Å². The predicted molar refractivity (Wildman–Crippen MR) is 113 cm³/mol. The molecule has 0 aromatic rings. The highest BCUT2D eigenvalue weighted by Gasteiger charge is 2.43. The van der Waals surface area contributed by atoms with Gasteiger partial charge in [-0.15, -0.1) is 0 Å². The first-order valence-corrected chi connectivity index (χ1v) is 11.9. The van der Waals surface area contributed by atoms with Crippen LogP contribution >= 0.6 is 0 Å². The minimum absolute atomic E-state index is 0.184. The van der Waals surface area contributed by atoms with Crippen LogP contribution in [-0.2, 0) is 9.47 Å². The highest BCUT2D eigenvalue weighted by atomic mass is 16.7. The lowest BCUT2D eigenvalue weighted by Gasteiger charge is -2.32. The fourth-order valence-electron chi connectivity index (χ4n) is 4.38. The van der Waals surface area contributed by atoms with Gasteiger partial charge in [-0.25, -0.2) is 0 Å². The number of allylic oxidation sites excluding steroid dienone is 1. The van der Waals surface area contributed by atoms with E-state index in [-0.39, 0.29) is 11.9 Å². The fourth-order valence-corrected chi connectivity index (χ4v) is 4.38. The van der Waals surface area contributed by atoms with Gasteiger partial charge in [0.15, 0.2) is 5.79 Å². The van der Waals surface area contributed by atoms with Gasteiger partial charge in [-0.05, 0) is 25.7 Å². The maximum atomic E-state index is 10.3. The Hall–Kier alpha value is -0.380. The minimum atomic E-state index is -0.529. The van der Waals surface area contributed by atoms with E-state index in [9.17, 15) is 5.11 Å². The molecule has 27 heavy (non-hydrogen) atoms. The molecule has 1 aliphatic heterocycles. The number of hydrogen-bond donors (Lipinski definition) is 1. The second kappa shape index (κ2) is 13.7. The molecular formula is C24H44O3. The molecule has 1 heterocycles. The summed E-state index contributed by atoms with van der Waals surface area (Å²) < 4.78 is 12.0. The molecule has 1 N–H and O–H groups in total. The van der Waals surface area contributed by atoms with Crippen molar-refractivity contribution >= 4 is 0 Å². The molecule has 3 nitrogen and oxygen atoms in total. The first kappa shape index (κ1) is 22.9. The Morgan fingerprint density at radius 3 is 2.11 bits per heavy atom. The van der Waals surface area contributed by atoms with Gasteiger partial charge in [0.25, 0.3) is 0 Å². The summed E-state index contributed by atoms with van der Waals surface area (Å²) >= 11 is 0. The first-order chi connectivity index (χ1) is 13.3. The standard InChI is InChI=1S/C24H44O3/c1-2-3-4-5-6-7-8-9-10-11-12-13-15-18-22(25)23-21-26-24(27-23)19-16-14-17-20-24/h15,18,22-23,25H,2-14,16-17,19-21H2,1H3/b18-15+/t22-,23+/m0/s1. The van der Waals surface area contributed by atoms with E-state index in [1.165, 1.54) is 89.9 Å². The smallest absolute Gasteiger partial charge is 0.169 e. The zero-order valence-corrected chi connectivity index (χ0v) is 17.8. The van der Waals surface area contributed by atoms with Gasteiger partial charge in [-0.1, -0.05) is 89.7 Å². The van der Waals surface area contributed by atoms with Crippen molar-refractivity contribution in [2.45, 2.75) is 134 Å². The molecule has 0 amide bonds. The maximum Gasteiger partial charge on any atom is 0.169 e. The van der Waals surface area contributed by atoms with Gasteiger partial charge in [-0.3, -0.25) is 0 Å². The second-order valence-corrected chi connectivity index (χ2v) is 8.68. The summed E-state index contributed by atoms with van der Waals surface area (Å²) in [7, 11) is 0. The van der Waals surface area contributed by atoms with Crippen LogP contribution in [0.25, 0.3) is 0 Å². The summed E-state index contributed by atoms with van der Waals surface area (Å²) in [5, 5.41) is 10.3. The third-order valence-electron chi connectivity index (χ3n) is 6.18. The number of aliphatic hydroxyl groups is 1. The van der Waals surface area contributed by atoms with Gasteiger partial charge in [0.2, 0.25) is 0 Å². The van der Waals surface area contributed by atoms with Crippen LogP contribution in [0.1, 0.15) is 116 Å². The van der Waals surface area contributed by atoms with E-state index in [1.54, 1.807) is 0 Å². The van der Waals surface area contributed by atoms with Crippen LogP contribution in [0.4, 0.5) is 0 Å². The summed E-state index contributed by atoms with van der Waals surface area (Å²) in [6.45, 7) is 2.81. The van der Waals surface area contributed by atoms with Crippen LogP contribution in [0.5, 0.6) is 0 Å². The van der Waals surface area contributed by atoms with Crippen molar-refractivity contribution in [2.24, 2.45) is 0 Å². The Kier molecular flexibility index (Phi) is 11.7. The fraction of sp³-hybridized carbons (Fsp3) is 0.917. The molecule has 0 radical (unpaired) electrons. The van der Waals surface area contributed by atoms with Gasteiger partial charge in [0.05, 0.1) is 6.61 Å². The third kappa shape index (κ3) is 9.11. The van der Waals surface area contributed by atoms with Crippen LogP contribution in [0, 0.1) is 0 Å². The number of aliphatic hydroxyl groups excluding tert-OH is 1. The molecule has 1 saturated heterocycles. The molecule has 1 spiro atoms. The van der Waals surface area contributed by atoms with Crippen LogP contribution in [0.2, 0.25) is 0 Å². The Morgan fingerprint density at radius 1 is 0.889 bits per heavy atom. The number of hydrogen-bond acceptors (Lipinski definition) is 3. The van der Waals surface area contributed by atoms with Gasteiger partial charge < -0.3 is 14.6 Å². The molecule has 0 aromatic heterocycles. The SMILES string of the molecule is CCCCCCCCCCCCC/C=C/[C@H](O)[C@H]1COC2(CCCCC2)O1. The summed E-state index contributed by atoms with van der Waals surface area (Å²) in [6.07, 6.45) is 25.1. The minimum Gasteiger partial charge on any atom is -0.386 e. The molecule has 2 atom stereocenters. The molecule has 2 rings (SSSR count). The van der Waals surface area contributed by atoms with Crippen molar-refractivity contribution < 1.29 is 14.6 Å². The Balaban J connectivity index is 1.42. The van der Waals surface area contributed by atoms with Crippen molar-refractivity contribution in [3.05, 3.63) is 12.2 Å². The zero-order valence-electron chi connectivity index (χ0n) is 17.8. The lowest BCUT2D eigenvalue weighted by molar-refractivity contribution is -0.193. The second-order valence-electron chi connectivity index (χ2n) is 8.68. The largest absolute Gasteiger partial charge is 0.386 e. The number of unbranched alkanes of at least 4 members (excludes halogenated alkanes) is 11. The molecule has 1 saturated carbocycles. The van der Waals surface area contributed by atoms with E-state index >= 15 is 0 Å². The van der Waals surface area contributed by atoms with Crippen LogP contribution in [-0.4, -0.2) is 29.7 Å². The third-order valence-corrected chi connectivity index (χ3v) is 6.18. The number of rotatable bonds is 14. The Bertz CT molecular complexity index is 387. The first-order valence-electron chi connectivity index (χ1n) is 11.9. The Labute approximate surface area is 167 Å². The lowest BCUT2D eigenvalue weighted by atomic mass is 9.94. The van der Waals surface area contributed by atoms with Gasteiger partial charge in [0, 0.05) is 12.8 Å². The highest BCUT2D eigenvalue weighted by molar-refractivity contribution is 4.96. The van der Waals surface area contributed by atoms with Crippen LogP contribution < -0.4 is 0 Å². The summed E-state index contributed by atoms with van der Waals surface area (Å²) in [6, 6.07) is 0. The van der Waals surface area contributed by atoms with Gasteiger partial charge in [-0.2, -0.15) is 0 Å². The molecule has 1 aliphatic carbocycles. The summed E-state index contributed by atoms with van der Waals surface area (Å²) in [5.74, 6) is -0.381. The average Bonchev–Trinajstić information content (AvgIpc) is 3.09. The van der Waals surface area contributed by atoms with Gasteiger partial charge in [0.1, 0.15) is 12.2 Å². The maximum absolute atomic E-state index is 10.3. The molecule has 0 unspecified atom stereocenters. The normalized spacial score (nSPS) is 23.4. The summed E-state index contributed by atoms with van der Waals surface area (Å²) in [4.78, 5) is 0. The number of ether oxygens (including phenoxy) is 2. The molecule has 2 fully saturated rings.